The maximum Gasteiger partial charge on any atom is 0.308 e. The van der Waals surface area contributed by atoms with Gasteiger partial charge in [0, 0.05) is 47.8 Å². The number of carbonyl (C=O) groups is 3. The van der Waals surface area contributed by atoms with E-state index in [1.807, 2.05) is 20.0 Å². The van der Waals surface area contributed by atoms with Gasteiger partial charge in [-0.1, -0.05) is 18.2 Å². The number of esters is 1. The number of methoxy groups -OCH3 is 1. The first-order valence-corrected chi connectivity index (χ1v) is 15.9. The van der Waals surface area contributed by atoms with E-state index < -0.39 is 42.0 Å². The van der Waals surface area contributed by atoms with Crippen molar-refractivity contribution in [2.24, 2.45) is 0 Å². The van der Waals surface area contributed by atoms with E-state index in [0.29, 0.717) is 69.2 Å². The molecule has 2 bridgehead atoms. The van der Waals surface area contributed by atoms with E-state index >= 15 is 0 Å². The summed E-state index contributed by atoms with van der Waals surface area (Å²) in [5.41, 5.74) is 4.94. The van der Waals surface area contributed by atoms with Crippen molar-refractivity contribution >= 4 is 17.8 Å². The Morgan fingerprint density at radius 3 is 2.38 bits per heavy atom. The van der Waals surface area contributed by atoms with Gasteiger partial charge in [0.25, 0.3) is 11.8 Å². The number of phenols is 1. The van der Waals surface area contributed by atoms with Gasteiger partial charge in [0.2, 0.25) is 6.79 Å². The van der Waals surface area contributed by atoms with Crippen LogP contribution in [0.15, 0.2) is 30.3 Å². The van der Waals surface area contributed by atoms with E-state index in [1.54, 1.807) is 31.2 Å². The largest absolute Gasteiger partial charge is 0.504 e. The number of fused-ring (bicyclic) bond motifs is 10. The number of likely N-dealkylation sites (N-methyl/N-ethyl adjacent to an activating group) is 1. The zero-order valence-corrected chi connectivity index (χ0v) is 27.2. The lowest BCUT2D eigenvalue weighted by Crippen LogP contribution is -2.68. The van der Waals surface area contributed by atoms with Crippen LogP contribution in [-0.4, -0.2) is 83.2 Å². The molecule has 0 aliphatic carbocycles. The molecule has 1 unspecified atom stereocenters. The van der Waals surface area contributed by atoms with Crippen molar-refractivity contribution in [1.82, 2.24) is 14.7 Å². The van der Waals surface area contributed by atoms with E-state index in [4.69, 9.17) is 18.9 Å². The summed E-state index contributed by atoms with van der Waals surface area (Å²) in [4.78, 5) is 45.6. The van der Waals surface area contributed by atoms with Crippen LogP contribution in [0, 0.1) is 25.2 Å². The summed E-state index contributed by atoms with van der Waals surface area (Å²) < 4.78 is 23.6. The molecule has 0 spiro atoms. The van der Waals surface area contributed by atoms with Gasteiger partial charge in [-0.3, -0.25) is 29.1 Å². The quantitative estimate of drug-likeness (QED) is 0.251. The Morgan fingerprint density at radius 1 is 1.04 bits per heavy atom. The number of piperazine rings is 1. The van der Waals surface area contributed by atoms with Gasteiger partial charge in [-0.25, -0.2) is 0 Å². The molecule has 1 fully saturated rings. The van der Waals surface area contributed by atoms with Gasteiger partial charge >= 0.3 is 5.97 Å². The van der Waals surface area contributed by atoms with Crippen molar-refractivity contribution in [3.63, 3.8) is 0 Å². The van der Waals surface area contributed by atoms with Crippen molar-refractivity contribution in [3.8, 4) is 34.8 Å². The standard InChI is InChI=1S/C36H34N4O8/c1-16-10-19-11-23-25(13-37)40-24(29(38(23)4)27(19)30(42)31(16)45-5)12-22-28(34-33(46-15-47-34)17(2)32(22)48-18(3)41)26(40)14-39-35(43)20-8-6-7-9-21(20)36(39)44/h6-10,23-26,29,42H,11-12,14-15H2,1-5H3/t23?,24-,25-,26-,29+/m0/s1. The molecule has 3 aromatic carbocycles. The molecule has 5 aliphatic heterocycles. The van der Waals surface area contributed by atoms with E-state index in [0.717, 1.165) is 11.1 Å². The fraction of sp³-hybridized carbons (Fsp3) is 0.389. The highest BCUT2D eigenvalue weighted by Gasteiger charge is 2.57. The second kappa shape index (κ2) is 10.7. The number of amides is 2. The summed E-state index contributed by atoms with van der Waals surface area (Å²) in [6.45, 7) is 4.86. The summed E-state index contributed by atoms with van der Waals surface area (Å²) in [6.07, 6.45) is 0.794. The molecular weight excluding hydrogens is 616 g/mol. The Balaban J connectivity index is 1.38. The molecule has 5 aliphatic rings. The fourth-order valence-corrected chi connectivity index (χ4v) is 8.87. The van der Waals surface area contributed by atoms with Crippen LogP contribution in [0.1, 0.15) is 73.1 Å². The summed E-state index contributed by atoms with van der Waals surface area (Å²) in [5.74, 6) is 0.250. The maximum atomic E-state index is 13.8. The first-order valence-electron chi connectivity index (χ1n) is 15.9. The second-order valence-electron chi connectivity index (χ2n) is 13.1. The highest BCUT2D eigenvalue weighted by Crippen LogP contribution is 2.58. The topological polar surface area (TPSA) is 142 Å². The summed E-state index contributed by atoms with van der Waals surface area (Å²) >= 11 is 0. The minimum Gasteiger partial charge on any atom is -0.504 e. The average molecular weight is 651 g/mol. The first-order chi connectivity index (χ1) is 23.1. The van der Waals surface area contributed by atoms with Gasteiger partial charge in [-0.2, -0.15) is 5.26 Å². The zero-order chi connectivity index (χ0) is 33.8. The van der Waals surface area contributed by atoms with Gasteiger partial charge in [0.15, 0.2) is 23.0 Å². The summed E-state index contributed by atoms with van der Waals surface area (Å²) in [5, 5.41) is 22.6. The molecule has 0 saturated carbocycles. The Hall–Kier alpha value is -5.12. The van der Waals surface area contributed by atoms with Crippen molar-refractivity contribution < 1.29 is 38.4 Å². The lowest BCUT2D eigenvalue weighted by molar-refractivity contribution is -0.132. The van der Waals surface area contributed by atoms with Crippen molar-refractivity contribution in [2.45, 2.75) is 63.8 Å². The van der Waals surface area contributed by atoms with Gasteiger partial charge in [-0.15, -0.1) is 0 Å². The van der Waals surface area contributed by atoms with Crippen LogP contribution in [-0.2, 0) is 17.6 Å². The lowest BCUT2D eigenvalue weighted by Gasteiger charge is -2.60. The molecule has 5 atom stereocenters. The number of nitrogens with zero attached hydrogens (tertiary/aromatic N) is 4. The number of imide groups is 1. The second-order valence-corrected chi connectivity index (χ2v) is 13.1. The molecule has 3 aromatic rings. The molecule has 12 heteroatoms. The SMILES string of the molecule is COc1c(C)cc2c(c1O)[C@H]1[C@@H]3Cc4c(OC(C)=O)c(C)c5c(c4[C@H](CN4C(=O)c6ccccc6C4=O)N3[C@@H](C#N)C(C2)N1C)OCO5. The smallest absolute Gasteiger partial charge is 0.308 e. The van der Waals surface area contributed by atoms with Crippen LogP contribution in [0.25, 0.3) is 0 Å². The molecule has 8 rings (SSSR count). The summed E-state index contributed by atoms with van der Waals surface area (Å²) in [7, 11) is 3.48. The molecule has 2 amide bonds. The number of hydrogen-bond donors (Lipinski definition) is 1. The van der Waals surface area contributed by atoms with Gasteiger partial charge in [0.05, 0.1) is 36.4 Å². The normalized spacial score (nSPS) is 25.2. The van der Waals surface area contributed by atoms with Crippen LogP contribution < -0.4 is 18.9 Å². The molecule has 246 valence electrons. The Bertz CT molecular complexity index is 1970. The van der Waals surface area contributed by atoms with E-state index in [9.17, 15) is 24.8 Å². The van der Waals surface area contributed by atoms with Crippen LogP contribution in [0.2, 0.25) is 0 Å². The predicted octanol–water partition coefficient (Wildman–Crippen LogP) is 3.74. The third-order valence-electron chi connectivity index (χ3n) is 10.7. The van der Waals surface area contributed by atoms with Crippen LogP contribution in [0.4, 0.5) is 0 Å². The van der Waals surface area contributed by atoms with Crippen LogP contribution in [0.5, 0.6) is 28.7 Å². The monoisotopic (exact) mass is 650 g/mol. The van der Waals surface area contributed by atoms with Gasteiger partial charge < -0.3 is 24.1 Å². The van der Waals surface area contributed by atoms with Gasteiger partial charge in [0.1, 0.15) is 11.8 Å². The maximum absolute atomic E-state index is 13.8. The number of benzene rings is 3. The Kier molecular flexibility index (Phi) is 6.74. The van der Waals surface area contributed by atoms with Crippen molar-refractivity contribution in [3.05, 3.63) is 74.8 Å². The predicted molar refractivity (Wildman–Crippen MR) is 169 cm³/mol. The molecular formula is C36H34N4O8. The van der Waals surface area contributed by atoms with Crippen LogP contribution >= 0.6 is 0 Å². The minimum absolute atomic E-state index is 0.0444. The lowest BCUT2D eigenvalue weighted by atomic mass is 9.71. The fourth-order valence-electron chi connectivity index (χ4n) is 8.87. The molecule has 1 N–H and O–H groups in total. The Labute approximate surface area is 276 Å². The molecule has 1 saturated heterocycles. The number of aromatic hydroxyl groups is 1. The third-order valence-corrected chi connectivity index (χ3v) is 10.7. The average Bonchev–Trinajstić information content (AvgIpc) is 3.64. The van der Waals surface area contributed by atoms with Gasteiger partial charge in [-0.05, 0) is 57.0 Å². The van der Waals surface area contributed by atoms with Crippen molar-refractivity contribution in [1.29, 1.82) is 5.26 Å². The Morgan fingerprint density at radius 2 is 1.73 bits per heavy atom. The number of aryl methyl sites for hydroxylation is 1. The highest BCUT2D eigenvalue weighted by molar-refractivity contribution is 6.21. The van der Waals surface area contributed by atoms with E-state index in [2.05, 4.69) is 15.9 Å². The molecule has 48 heavy (non-hydrogen) atoms. The zero-order valence-electron chi connectivity index (χ0n) is 27.2. The van der Waals surface area contributed by atoms with Crippen LogP contribution in [0.3, 0.4) is 0 Å². The van der Waals surface area contributed by atoms with E-state index in [1.165, 1.54) is 18.9 Å². The number of nitriles is 1. The third kappa shape index (κ3) is 3.98. The molecule has 0 radical (unpaired) electrons. The molecule has 12 nitrogen and oxygen atoms in total. The number of rotatable bonds is 4. The molecule has 5 heterocycles. The molecule has 0 aromatic heterocycles. The van der Waals surface area contributed by atoms with Crippen molar-refractivity contribution in [2.75, 3.05) is 27.5 Å². The number of carbonyl (C=O) groups excluding carboxylic acids is 3. The number of hydrogen-bond acceptors (Lipinski definition) is 11. The summed E-state index contributed by atoms with van der Waals surface area (Å²) in [6, 6.07) is 8.71. The minimum atomic E-state index is -0.745. The highest BCUT2D eigenvalue weighted by atomic mass is 16.7. The number of phenolic OH excluding ortho intramolecular Hbond substituents is 1. The number of ether oxygens (including phenoxy) is 4. The van der Waals surface area contributed by atoms with E-state index in [-0.39, 0.29) is 25.1 Å². The first kappa shape index (κ1) is 30.2.